The van der Waals surface area contributed by atoms with Gasteiger partial charge >= 0.3 is 0 Å². The summed E-state index contributed by atoms with van der Waals surface area (Å²) in [5, 5.41) is 8.64. The van der Waals surface area contributed by atoms with E-state index in [2.05, 4.69) is 20.9 Å². The van der Waals surface area contributed by atoms with Gasteiger partial charge in [0, 0.05) is 16.1 Å². The number of ether oxygens (including phenoxy) is 1. The highest BCUT2D eigenvalue weighted by molar-refractivity contribution is 9.10. The summed E-state index contributed by atoms with van der Waals surface area (Å²) >= 11 is 3.45. The highest BCUT2D eigenvalue weighted by Crippen LogP contribution is 2.25. The Bertz CT molecular complexity index is 525. The summed E-state index contributed by atoms with van der Waals surface area (Å²) in [6.45, 7) is 0. The molecule has 0 aliphatic carbocycles. The van der Waals surface area contributed by atoms with Crippen LogP contribution < -0.4 is 0 Å². The maximum absolute atomic E-state index is 7.65. The minimum absolute atomic E-state index is 0.131. The van der Waals surface area contributed by atoms with Gasteiger partial charge in [0.1, 0.15) is 0 Å². The fourth-order valence-electron chi connectivity index (χ4n) is 1.43. The molecule has 1 aromatic heterocycles. The van der Waals surface area contributed by atoms with Gasteiger partial charge in [-0.25, -0.2) is 0 Å². The average Bonchev–Trinajstić information content (AvgIpc) is 2.29. The molecule has 4 heteroatoms. The number of benzene rings is 1. The zero-order valence-electron chi connectivity index (χ0n) is 8.12. The first-order valence-corrected chi connectivity index (χ1v) is 5.19. The first kappa shape index (κ1) is 10.1. The second-order valence-electron chi connectivity index (χ2n) is 3.03. The fourth-order valence-corrected chi connectivity index (χ4v) is 1.88. The number of rotatable bonds is 1. The maximum atomic E-state index is 7.65. The van der Waals surface area contributed by atoms with E-state index in [9.17, 15) is 0 Å². The van der Waals surface area contributed by atoms with Gasteiger partial charge in [0.2, 0.25) is 5.90 Å². The second-order valence-corrected chi connectivity index (χ2v) is 3.88. The number of nitrogens with zero attached hydrogens (tertiary/aromatic N) is 1. The van der Waals surface area contributed by atoms with Crippen molar-refractivity contribution >= 4 is 32.7 Å². The molecule has 2 aromatic rings. The number of methoxy groups -OCH3 is 1. The van der Waals surface area contributed by atoms with E-state index in [-0.39, 0.29) is 5.90 Å². The van der Waals surface area contributed by atoms with Crippen LogP contribution >= 0.6 is 15.9 Å². The lowest BCUT2D eigenvalue weighted by atomic mass is 10.1. The number of hydrogen-bond acceptors (Lipinski definition) is 3. The molecule has 0 atom stereocenters. The summed E-state index contributed by atoms with van der Waals surface area (Å²) in [6, 6.07) is 7.55. The second kappa shape index (κ2) is 3.98. The van der Waals surface area contributed by atoms with Crippen LogP contribution in [0, 0.1) is 5.41 Å². The van der Waals surface area contributed by atoms with Crippen LogP contribution in [0.4, 0.5) is 0 Å². The minimum Gasteiger partial charge on any atom is -0.481 e. The predicted octanol–water partition coefficient (Wildman–Crippen LogP) is 2.97. The monoisotopic (exact) mass is 264 g/mol. The van der Waals surface area contributed by atoms with Gasteiger partial charge in [0.05, 0.1) is 18.2 Å². The molecule has 0 unspecified atom stereocenters. The van der Waals surface area contributed by atoms with Crippen molar-refractivity contribution in [3.8, 4) is 0 Å². The van der Waals surface area contributed by atoms with E-state index < -0.39 is 0 Å². The molecule has 0 aliphatic heterocycles. The molecular formula is C11H9BrN2O. The van der Waals surface area contributed by atoms with Gasteiger partial charge in [-0.15, -0.1) is 0 Å². The van der Waals surface area contributed by atoms with Gasteiger partial charge in [-0.05, 0) is 18.2 Å². The summed E-state index contributed by atoms with van der Waals surface area (Å²) in [5.41, 5.74) is 1.48. The molecule has 0 saturated heterocycles. The quantitative estimate of drug-likeness (QED) is 0.636. The standard InChI is InChI=1S/C11H9BrN2O/c1-15-11(13)8-4-5-9(12)7-3-2-6-14-10(7)8/h2-6,13H,1H3. The molecule has 0 radical (unpaired) electrons. The minimum atomic E-state index is 0.131. The number of nitrogens with one attached hydrogen (secondary N) is 1. The number of aromatic nitrogens is 1. The van der Waals surface area contributed by atoms with Crippen LogP contribution in [0.15, 0.2) is 34.9 Å². The zero-order chi connectivity index (χ0) is 10.8. The molecule has 0 bridgehead atoms. The molecule has 0 spiro atoms. The molecular weight excluding hydrogens is 256 g/mol. The number of pyridine rings is 1. The number of fused-ring (bicyclic) bond motifs is 1. The molecule has 0 fully saturated rings. The van der Waals surface area contributed by atoms with Gasteiger partial charge in [0.25, 0.3) is 0 Å². The molecule has 1 N–H and O–H groups in total. The van der Waals surface area contributed by atoms with E-state index in [0.29, 0.717) is 5.56 Å². The topological polar surface area (TPSA) is 46.0 Å². The first-order valence-electron chi connectivity index (χ1n) is 4.40. The van der Waals surface area contributed by atoms with E-state index in [0.717, 1.165) is 15.4 Å². The van der Waals surface area contributed by atoms with Crippen LogP contribution in [0.25, 0.3) is 10.9 Å². The van der Waals surface area contributed by atoms with Gasteiger partial charge in [-0.3, -0.25) is 10.4 Å². The zero-order valence-corrected chi connectivity index (χ0v) is 9.71. The van der Waals surface area contributed by atoms with E-state index in [1.54, 1.807) is 6.20 Å². The molecule has 2 rings (SSSR count). The van der Waals surface area contributed by atoms with Crippen molar-refractivity contribution in [3.63, 3.8) is 0 Å². The molecule has 0 amide bonds. The molecule has 3 nitrogen and oxygen atoms in total. The Labute approximate surface area is 95.7 Å². The Hall–Kier alpha value is -1.42. The van der Waals surface area contributed by atoms with Crippen LogP contribution in [-0.2, 0) is 4.74 Å². The summed E-state index contributed by atoms with van der Waals surface area (Å²) < 4.78 is 5.88. The molecule has 76 valence electrons. The van der Waals surface area contributed by atoms with Crippen molar-refractivity contribution < 1.29 is 4.74 Å². The molecule has 0 aliphatic rings. The van der Waals surface area contributed by atoms with Gasteiger partial charge < -0.3 is 4.74 Å². The van der Waals surface area contributed by atoms with Gasteiger partial charge in [0.15, 0.2) is 0 Å². The van der Waals surface area contributed by atoms with Crippen molar-refractivity contribution in [2.75, 3.05) is 7.11 Å². The molecule has 1 aromatic carbocycles. The lowest BCUT2D eigenvalue weighted by Gasteiger charge is -2.06. The van der Waals surface area contributed by atoms with Crippen LogP contribution in [-0.4, -0.2) is 18.0 Å². The third-order valence-corrected chi connectivity index (χ3v) is 2.86. The summed E-state index contributed by atoms with van der Waals surface area (Å²) in [6.07, 6.45) is 1.71. The lowest BCUT2D eigenvalue weighted by molar-refractivity contribution is 0.401. The van der Waals surface area contributed by atoms with Gasteiger partial charge in [-0.1, -0.05) is 22.0 Å². The van der Waals surface area contributed by atoms with Crippen molar-refractivity contribution in [2.45, 2.75) is 0 Å². The molecule has 0 saturated carbocycles. The van der Waals surface area contributed by atoms with E-state index >= 15 is 0 Å². The number of halogens is 1. The Morgan fingerprint density at radius 3 is 2.93 bits per heavy atom. The Kier molecular flexibility index (Phi) is 2.68. The highest BCUT2D eigenvalue weighted by atomic mass is 79.9. The molecule has 1 heterocycles. The molecule has 15 heavy (non-hydrogen) atoms. The van der Waals surface area contributed by atoms with Crippen LogP contribution in [0.5, 0.6) is 0 Å². The Balaban J connectivity index is 2.77. The van der Waals surface area contributed by atoms with Crippen LogP contribution in [0.2, 0.25) is 0 Å². The highest BCUT2D eigenvalue weighted by Gasteiger charge is 2.09. The summed E-state index contributed by atoms with van der Waals surface area (Å²) in [5.74, 6) is 0.131. The SMILES string of the molecule is COC(=N)c1ccc(Br)c2cccnc12. The van der Waals surface area contributed by atoms with Crippen LogP contribution in [0.3, 0.4) is 0 Å². The fraction of sp³-hybridized carbons (Fsp3) is 0.0909. The lowest BCUT2D eigenvalue weighted by Crippen LogP contribution is -2.03. The summed E-state index contributed by atoms with van der Waals surface area (Å²) in [4.78, 5) is 4.26. The third-order valence-electron chi connectivity index (χ3n) is 2.17. The number of hydrogen-bond donors (Lipinski definition) is 1. The van der Waals surface area contributed by atoms with Gasteiger partial charge in [-0.2, -0.15) is 0 Å². The predicted molar refractivity (Wildman–Crippen MR) is 63.3 cm³/mol. The largest absolute Gasteiger partial charge is 0.481 e. The maximum Gasteiger partial charge on any atom is 0.215 e. The van der Waals surface area contributed by atoms with E-state index in [1.165, 1.54) is 7.11 Å². The first-order chi connectivity index (χ1) is 7.24. The van der Waals surface area contributed by atoms with Crippen LogP contribution in [0.1, 0.15) is 5.56 Å². The average molecular weight is 265 g/mol. The normalized spacial score (nSPS) is 10.3. The van der Waals surface area contributed by atoms with Crippen molar-refractivity contribution in [1.82, 2.24) is 4.98 Å². The van der Waals surface area contributed by atoms with E-state index in [4.69, 9.17) is 10.1 Å². The van der Waals surface area contributed by atoms with Crippen molar-refractivity contribution in [2.24, 2.45) is 0 Å². The Morgan fingerprint density at radius 1 is 1.40 bits per heavy atom. The summed E-state index contributed by atoms with van der Waals surface area (Å²) in [7, 11) is 1.49. The van der Waals surface area contributed by atoms with Crippen molar-refractivity contribution in [1.29, 1.82) is 5.41 Å². The van der Waals surface area contributed by atoms with Crippen molar-refractivity contribution in [3.05, 3.63) is 40.5 Å². The smallest absolute Gasteiger partial charge is 0.215 e. The Morgan fingerprint density at radius 2 is 2.20 bits per heavy atom. The third kappa shape index (κ3) is 1.72. The van der Waals surface area contributed by atoms with E-state index in [1.807, 2.05) is 24.3 Å².